The molecule has 2 atom stereocenters. The van der Waals surface area contributed by atoms with Crippen LogP contribution in [0.4, 0.5) is 0 Å². The van der Waals surface area contributed by atoms with E-state index in [1.165, 1.54) is 28.7 Å². The highest BCUT2D eigenvalue weighted by Gasteiger charge is 2.37. The van der Waals surface area contributed by atoms with Crippen molar-refractivity contribution in [3.05, 3.63) is 34.4 Å². The molecule has 1 aliphatic heterocycles. The minimum Gasteiger partial charge on any atom is -0.326 e. The van der Waals surface area contributed by atoms with E-state index in [2.05, 4.69) is 58.6 Å². The Hall–Kier alpha value is -0.860. The van der Waals surface area contributed by atoms with Crippen LogP contribution < -0.4 is 5.73 Å². The third-order valence-electron chi connectivity index (χ3n) is 4.74. The summed E-state index contributed by atoms with van der Waals surface area (Å²) >= 11 is 0. The van der Waals surface area contributed by atoms with Crippen LogP contribution in [0.5, 0.6) is 0 Å². The zero-order chi connectivity index (χ0) is 15.1. The fraction of sp³-hybridized carbons (Fsp3) is 0.667. The van der Waals surface area contributed by atoms with Crippen molar-refractivity contribution in [3.63, 3.8) is 0 Å². The monoisotopic (exact) mass is 274 g/mol. The first-order valence-electron chi connectivity index (χ1n) is 7.82. The second-order valence-corrected chi connectivity index (χ2v) is 7.41. The van der Waals surface area contributed by atoms with Crippen LogP contribution in [-0.2, 0) is 0 Å². The van der Waals surface area contributed by atoms with Crippen LogP contribution in [0.1, 0.15) is 61.9 Å². The van der Waals surface area contributed by atoms with E-state index in [1.54, 1.807) is 0 Å². The lowest BCUT2D eigenvalue weighted by molar-refractivity contribution is 0.0381. The lowest BCUT2D eigenvalue weighted by Crippen LogP contribution is -2.53. The molecule has 0 saturated carbocycles. The summed E-state index contributed by atoms with van der Waals surface area (Å²) in [7, 11) is 0. The van der Waals surface area contributed by atoms with Gasteiger partial charge in [0.25, 0.3) is 0 Å². The summed E-state index contributed by atoms with van der Waals surface area (Å²) in [5, 5.41) is 0. The van der Waals surface area contributed by atoms with Gasteiger partial charge in [-0.25, -0.2) is 0 Å². The maximum atomic E-state index is 6.51. The maximum Gasteiger partial charge on any atom is 0.0507 e. The van der Waals surface area contributed by atoms with Gasteiger partial charge in [0, 0.05) is 11.6 Å². The highest BCUT2D eigenvalue weighted by Crippen LogP contribution is 2.37. The van der Waals surface area contributed by atoms with Gasteiger partial charge in [0.05, 0.1) is 6.04 Å². The van der Waals surface area contributed by atoms with E-state index in [-0.39, 0.29) is 11.6 Å². The van der Waals surface area contributed by atoms with Crippen LogP contribution in [0, 0.1) is 20.8 Å². The summed E-state index contributed by atoms with van der Waals surface area (Å²) in [4.78, 5) is 2.60. The molecule has 0 spiro atoms. The molecule has 2 N–H and O–H groups in total. The van der Waals surface area contributed by atoms with E-state index in [1.807, 2.05) is 0 Å². The molecule has 112 valence electrons. The van der Waals surface area contributed by atoms with E-state index in [4.69, 9.17) is 5.73 Å². The number of nitrogens with two attached hydrogens (primary N) is 1. The van der Waals surface area contributed by atoms with Crippen LogP contribution in [0.2, 0.25) is 0 Å². The SMILES string of the molecule is Cc1cc(C)c(C2C(N)CCCN2C(C)(C)C)cc1C. The molecule has 1 heterocycles. The number of benzene rings is 1. The molecule has 2 unspecified atom stereocenters. The van der Waals surface area contributed by atoms with Crippen LogP contribution in [0.25, 0.3) is 0 Å². The third-order valence-corrected chi connectivity index (χ3v) is 4.74. The van der Waals surface area contributed by atoms with Crippen LogP contribution in [-0.4, -0.2) is 23.0 Å². The second-order valence-electron chi connectivity index (χ2n) is 7.41. The fourth-order valence-corrected chi connectivity index (χ4v) is 3.48. The predicted octanol–water partition coefficient (Wildman–Crippen LogP) is 3.87. The molecule has 1 fully saturated rings. The Morgan fingerprint density at radius 2 is 1.65 bits per heavy atom. The van der Waals surface area contributed by atoms with Gasteiger partial charge in [-0.05, 0) is 83.2 Å². The second kappa shape index (κ2) is 5.50. The van der Waals surface area contributed by atoms with Crippen LogP contribution in [0.3, 0.4) is 0 Å². The van der Waals surface area contributed by atoms with Crippen molar-refractivity contribution in [1.29, 1.82) is 0 Å². The molecule has 2 heteroatoms. The van der Waals surface area contributed by atoms with E-state index < -0.39 is 0 Å². The van der Waals surface area contributed by atoms with E-state index in [0.29, 0.717) is 6.04 Å². The minimum absolute atomic E-state index is 0.161. The largest absolute Gasteiger partial charge is 0.326 e. The lowest BCUT2D eigenvalue weighted by Gasteiger charge is -2.48. The maximum absolute atomic E-state index is 6.51. The molecule has 0 aliphatic carbocycles. The van der Waals surface area contributed by atoms with Crippen molar-refractivity contribution in [2.45, 2.75) is 72.0 Å². The normalized spacial score (nSPS) is 24.9. The van der Waals surface area contributed by atoms with E-state index >= 15 is 0 Å². The van der Waals surface area contributed by atoms with Crippen molar-refractivity contribution in [2.75, 3.05) is 6.54 Å². The number of aryl methyl sites for hydroxylation is 3. The average molecular weight is 274 g/mol. The van der Waals surface area contributed by atoms with Gasteiger partial charge in [-0.3, -0.25) is 4.90 Å². The molecule has 2 rings (SSSR count). The van der Waals surface area contributed by atoms with Gasteiger partial charge in [-0.15, -0.1) is 0 Å². The van der Waals surface area contributed by atoms with Crippen molar-refractivity contribution in [3.8, 4) is 0 Å². The summed E-state index contributed by atoms with van der Waals surface area (Å²) in [5.41, 5.74) is 12.2. The summed E-state index contributed by atoms with van der Waals surface area (Å²) in [6.45, 7) is 14.7. The number of rotatable bonds is 1. The number of piperidine rings is 1. The van der Waals surface area contributed by atoms with E-state index in [9.17, 15) is 0 Å². The lowest BCUT2D eigenvalue weighted by atomic mass is 9.84. The standard InChI is InChI=1S/C18H30N2/c1-12-10-14(3)15(11-13(12)2)17-16(19)8-7-9-20(17)18(4,5)6/h10-11,16-17H,7-9,19H2,1-6H3. The van der Waals surface area contributed by atoms with Gasteiger partial charge in [-0.1, -0.05) is 12.1 Å². The quantitative estimate of drug-likeness (QED) is 0.842. The topological polar surface area (TPSA) is 29.3 Å². The molecule has 0 bridgehead atoms. The smallest absolute Gasteiger partial charge is 0.0507 e. The van der Waals surface area contributed by atoms with Crippen LogP contribution >= 0.6 is 0 Å². The highest BCUT2D eigenvalue weighted by molar-refractivity contribution is 5.39. The van der Waals surface area contributed by atoms with Gasteiger partial charge >= 0.3 is 0 Å². The molecule has 2 nitrogen and oxygen atoms in total. The van der Waals surface area contributed by atoms with Crippen molar-refractivity contribution < 1.29 is 0 Å². The molecule has 1 aromatic rings. The zero-order valence-electron chi connectivity index (χ0n) is 14.0. The van der Waals surface area contributed by atoms with Gasteiger partial charge in [0.2, 0.25) is 0 Å². The highest BCUT2D eigenvalue weighted by atomic mass is 15.2. The Morgan fingerprint density at radius 1 is 1.05 bits per heavy atom. The zero-order valence-corrected chi connectivity index (χ0v) is 14.0. The van der Waals surface area contributed by atoms with Crippen molar-refractivity contribution >= 4 is 0 Å². The first kappa shape index (κ1) is 15.5. The number of nitrogens with zero attached hydrogens (tertiary/aromatic N) is 1. The first-order valence-corrected chi connectivity index (χ1v) is 7.82. The molecular weight excluding hydrogens is 244 g/mol. The molecule has 0 aromatic heterocycles. The Labute approximate surface area is 124 Å². The minimum atomic E-state index is 0.161. The molecule has 1 aromatic carbocycles. The molecule has 0 amide bonds. The van der Waals surface area contributed by atoms with E-state index in [0.717, 1.165) is 13.0 Å². The van der Waals surface area contributed by atoms with Gasteiger partial charge < -0.3 is 5.73 Å². The Bertz CT molecular complexity index is 485. The summed E-state index contributed by atoms with van der Waals surface area (Å²) < 4.78 is 0. The van der Waals surface area contributed by atoms with Gasteiger partial charge in [0.1, 0.15) is 0 Å². The molecule has 1 aliphatic rings. The molecule has 20 heavy (non-hydrogen) atoms. The molecular formula is C18H30N2. The molecule has 0 radical (unpaired) electrons. The number of likely N-dealkylation sites (tertiary alicyclic amines) is 1. The first-order chi connectivity index (χ1) is 9.21. The van der Waals surface area contributed by atoms with Crippen molar-refractivity contribution in [2.24, 2.45) is 5.73 Å². The molecule has 1 saturated heterocycles. The number of hydrogen-bond donors (Lipinski definition) is 1. The Kier molecular flexibility index (Phi) is 4.27. The van der Waals surface area contributed by atoms with Crippen molar-refractivity contribution in [1.82, 2.24) is 4.90 Å². The van der Waals surface area contributed by atoms with Gasteiger partial charge in [0.15, 0.2) is 0 Å². The number of hydrogen-bond acceptors (Lipinski definition) is 2. The third kappa shape index (κ3) is 2.91. The Morgan fingerprint density at radius 3 is 2.25 bits per heavy atom. The average Bonchev–Trinajstić information content (AvgIpc) is 2.33. The summed E-state index contributed by atoms with van der Waals surface area (Å²) in [5.74, 6) is 0. The van der Waals surface area contributed by atoms with Gasteiger partial charge in [-0.2, -0.15) is 0 Å². The summed E-state index contributed by atoms with van der Waals surface area (Å²) in [6, 6.07) is 5.26. The summed E-state index contributed by atoms with van der Waals surface area (Å²) in [6.07, 6.45) is 2.34. The fourth-order valence-electron chi connectivity index (χ4n) is 3.48. The Balaban J connectivity index is 2.48. The van der Waals surface area contributed by atoms with Crippen LogP contribution in [0.15, 0.2) is 12.1 Å². The predicted molar refractivity (Wildman–Crippen MR) is 87.1 cm³/mol.